The van der Waals surface area contributed by atoms with Crippen LogP contribution in [0.15, 0.2) is 4.90 Å². The van der Waals surface area contributed by atoms with Crippen LogP contribution in [0.5, 0.6) is 0 Å². The molecule has 0 fully saturated rings. The molecule has 0 aliphatic rings. The summed E-state index contributed by atoms with van der Waals surface area (Å²) in [7, 11) is -2.36. The fraction of sp³-hybridized carbons (Fsp3) is 0.667. The molecule has 1 atom stereocenters. The normalized spacial score (nSPS) is 13.2. The van der Waals surface area contributed by atoms with Gasteiger partial charge in [-0.2, -0.15) is 5.10 Å². The minimum absolute atomic E-state index is 0.129. The summed E-state index contributed by atoms with van der Waals surface area (Å²) in [6.45, 7) is 6.35. The monoisotopic (exact) mass is 302 g/mol. The van der Waals surface area contributed by atoms with Gasteiger partial charge in [-0.15, -0.1) is 0 Å². The number of nitrogens with two attached hydrogens (primary N) is 1. The molecule has 1 rings (SSSR count). The molecule has 0 aliphatic carbocycles. The molecular weight excluding hydrogens is 280 g/mol. The lowest BCUT2D eigenvalue weighted by Gasteiger charge is -2.20. The minimum Gasteiger partial charge on any atom is -0.340 e. The third-order valence-electron chi connectivity index (χ3n) is 3.26. The standard InChI is InChI=1S/C12H22N4O3S/c1-5-8(3)7-16(4)12(17)10-11(20(13,18)19)9(6-2)14-15-10/h8H,5-7H2,1-4H3,(H,14,15)(H2,13,18,19). The van der Waals surface area contributed by atoms with Crippen molar-refractivity contribution in [3.8, 4) is 0 Å². The first kappa shape index (κ1) is 16.6. The molecule has 114 valence electrons. The summed E-state index contributed by atoms with van der Waals surface area (Å²) in [4.78, 5) is 13.6. The number of hydrogen-bond donors (Lipinski definition) is 2. The van der Waals surface area contributed by atoms with Gasteiger partial charge in [0.25, 0.3) is 5.91 Å². The Kier molecular flexibility index (Phi) is 5.29. The molecular formula is C12H22N4O3S. The first-order chi connectivity index (χ1) is 9.22. The number of nitrogens with one attached hydrogen (secondary N) is 1. The van der Waals surface area contributed by atoms with Crippen LogP contribution in [0.25, 0.3) is 0 Å². The molecule has 7 nitrogen and oxygen atoms in total. The van der Waals surface area contributed by atoms with Crippen molar-refractivity contribution in [1.29, 1.82) is 0 Å². The van der Waals surface area contributed by atoms with E-state index in [0.29, 0.717) is 24.6 Å². The number of carbonyl (C=O) groups is 1. The van der Waals surface area contributed by atoms with Gasteiger partial charge >= 0.3 is 0 Å². The van der Waals surface area contributed by atoms with Gasteiger partial charge in [0.05, 0.1) is 5.69 Å². The average molecular weight is 302 g/mol. The zero-order chi connectivity index (χ0) is 15.5. The van der Waals surface area contributed by atoms with Gasteiger partial charge in [0.1, 0.15) is 4.90 Å². The van der Waals surface area contributed by atoms with Crippen molar-refractivity contribution in [1.82, 2.24) is 15.1 Å². The maximum Gasteiger partial charge on any atom is 0.275 e. The Labute approximate surface area is 119 Å². The van der Waals surface area contributed by atoms with E-state index in [1.807, 2.05) is 13.8 Å². The van der Waals surface area contributed by atoms with Gasteiger partial charge in [0, 0.05) is 13.6 Å². The van der Waals surface area contributed by atoms with Crippen molar-refractivity contribution in [2.45, 2.75) is 38.5 Å². The van der Waals surface area contributed by atoms with E-state index in [0.717, 1.165) is 6.42 Å². The highest BCUT2D eigenvalue weighted by molar-refractivity contribution is 7.89. The molecule has 0 bridgehead atoms. The van der Waals surface area contributed by atoms with Crippen LogP contribution in [0.1, 0.15) is 43.4 Å². The van der Waals surface area contributed by atoms with Crippen LogP contribution in [0, 0.1) is 5.92 Å². The molecule has 0 aromatic carbocycles. The second-order valence-electron chi connectivity index (χ2n) is 4.98. The number of primary sulfonamides is 1. The number of aromatic amines is 1. The van der Waals surface area contributed by atoms with Gasteiger partial charge in [-0.25, -0.2) is 13.6 Å². The number of sulfonamides is 1. The molecule has 0 aliphatic heterocycles. The minimum atomic E-state index is -3.99. The van der Waals surface area contributed by atoms with E-state index in [4.69, 9.17) is 5.14 Å². The smallest absolute Gasteiger partial charge is 0.275 e. The molecule has 1 aromatic heterocycles. The van der Waals surface area contributed by atoms with Crippen LogP contribution in [-0.4, -0.2) is 43.0 Å². The Morgan fingerprint density at radius 3 is 2.50 bits per heavy atom. The van der Waals surface area contributed by atoms with Gasteiger partial charge in [0.2, 0.25) is 10.0 Å². The highest BCUT2D eigenvalue weighted by atomic mass is 32.2. The number of hydrogen-bond acceptors (Lipinski definition) is 4. The molecule has 0 radical (unpaired) electrons. The van der Waals surface area contributed by atoms with Gasteiger partial charge in [-0.3, -0.25) is 9.89 Å². The van der Waals surface area contributed by atoms with Gasteiger partial charge < -0.3 is 4.90 Å². The summed E-state index contributed by atoms with van der Waals surface area (Å²) >= 11 is 0. The molecule has 1 heterocycles. The Hall–Kier alpha value is -1.41. The SMILES string of the molecule is CCc1[nH]nc(C(=O)N(C)CC(C)CC)c1S(N)(=O)=O. The molecule has 8 heteroatoms. The van der Waals surface area contributed by atoms with E-state index < -0.39 is 15.9 Å². The predicted octanol–water partition coefficient (Wildman–Crippen LogP) is 0.738. The number of rotatable bonds is 6. The van der Waals surface area contributed by atoms with Gasteiger partial charge in [-0.1, -0.05) is 27.2 Å². The van der Waals surface area contributed by atoms with Crippen molar-refractivity contribution >= 4 is 15.9 Å². The zero-order valence-corrected chi connectivity index (χ0v) is 13.1. The molecule has 3 N–H and O–H groups in total. The molecule has 0 saturated heterocycles. The highest BCUT2D eigenvalue weighted by Crippen LogP contribution is 2.19. The number of nitrogens with zero attached hydrogens (tertiary/aromatic N) is 2. The lowest BCUT2D eigenvalue weighted by atomic mass is 10.1. The number of H-pyrrole nitrogens is 1. The maximum atomic E-state index is 12.3. The summed E-state index contributed by atoms with van der Waals surface area (Å²) in [6.07, 6.45) is 1.33. The maximum absolute atomic E-state index is 12.3. The Morgan fingerprint density at radius 1 is 1.45 bits per heavy atom. The van der Waals surface area contributed by atoms with E-state index in [2.05, 4.69) is 10.2 Å². The van der Waals surface area contributed by atoms with Gasteiger partial charge in [0.15, 0.2) is 5.69 Å². The second kappa shape index (κ2) is 6.36. The largest absolute Gasteiger partial charge is 0.340 e. The third kappa shape index (κ3) is 3.57. The fourth-order valence-electron chi connectivity index (χ4n) is 1.92. The lowest BCUT2D eigenvalue weighted by molar-refractivity contribution is 0.0765. The lowest BCUT2D eigenvalue weighted by Crippen LogP contribution is -2.32. The van der Waals surface area contributed by atoms with Gasteiger partial charge in [-0.05, 0) is 12.3 Å². The molecule has 1 aromatic rings. The van der Waals surface area contributed by atoms with Crippen LogP contribution < -0.4 is 5.14 Å². The average Bonchev–Trinajstić information content (AvgIpc) is 2.81. The Bertz CT molecular complexity index is 580. The summed E-state index contributed by atoms with van der Waals surface area (Å²) in [5.41, 5.74) is 0.225. The van der Waals surface area contributed by atoms with Crippen molar-refractivity contribution in [2.75, 3.05) is 13.6 Å². The predicted molar refractivity (Wildman–Crippen MR) is 75.8 cm³/mol. The van der Waals surface area contributed by atoms with Crippen LogP contribution in [0.3, 0.4) is 0 Å². The molecule has 1 amide bonds. The van der Waals surface area contributed by atoms with Crippen LogP contribution in [0.2, 0.25) is 0 Å². The highest BCUT2D eigenvalue weighted by Gasteiger charge is 2.28. The van der Waals surface area contributed by atoms with E-state index >= 15 is 0 Å². The Morgan fingerprint density at radius 2 is 2.05 bits per heavy atom. The van der Waals surface area contributed by atoms with Crippen molar-refractivity contribution in [3.05, 3.63) is 11.4 Å². The first-order valence-corrected chi connectivity index (χ1v) is 8.12. The zero-order valence-electron chi connectivity index (χ0n) is 12.3. The van der Waals surface area contributed by atoms with E-state index in [9.17, 15) is 13.2 Å². The topological polar surface area (TPSA) is 109 Å². The first-order valence-electron chi connectivity index (χ1n) is 6.57. The quantitative estimate of drug-likeness (QED) is 0.807. The van der Waals surface area contributed by atoms with Crippen LogP contribution in [-0.2, 0) is 16.4 Å². The van der Waals surface area contributed by atoms with E-state index in [1.165, 1.54) is 4.90 Å². The van der Waals surface area contributed by atoms with Crippen LogP contribution >= 0.6 is 0 Å². The Balaban J connectivity index is 3.14. The summed E-state index contributed by atoms with van der Waals surface area (Å²) < 4.78 is 23.3. The summed E-state index contributed by atoms with van der Waals surface area (Å²) in [5.74, 6) is -0.114. The molecule has 0 spiro atoms. The second-order valence-corrected chi connectivity index (χ2v) is 6.48. The fourth-order valence-corrected chi connectivity index (χ4v) is 2.86. The summed E-state index contributed by atoms with van der Waals surface area (Å²) in [5, 5.41) is 11.6. The van der Waals surface area contributed by atoms with Crippen molar-refractivity contribution in [3.63, 3.8) is 0 Å². The van der Waals surface area contributed by atoms with E-state index in [1.54, 1.807) is 14.0 Å². The number of aromatic nitrogens is 2. The molecule has 1 unspecified atom stereocenters. The van der Waals surface area contributed by atoms with Crippen molar-refractivity contribution in [2.24, 2.45) is 11.1 Å². The van der Waals surface area contributed by atoms with Crippen LogP contribution in [0.4, 0.5) is 0 Å². The third-order valence-corrected chi connectivity index (χ3v) is 4.27. The summed E-state index contributed by atoms with van der Waals surface area (Å²) in [6, 6.07) is 0. The van der Waals surface area contributed by atoms with E-state index in [-0.39, 0.29) is 10.6 Å². The number of aryl methyl sites for hydroxylation is 1. The molecule has 20 heavy (non-hydrogen) atoms. The molecule has 0 saturated carbocycles. The number of carbonyl (C=O) groups excluding carboxylic acids is 1. The van der Waals surface area contributed by atoms with Crippen molar-refractivity contribution < 1.29 is 13.2 Å². The number of amides is 1.